The van der Waals surface area contributed by atoms with Gasteiger partial charge in [0.2, 0.25) is 0 Å². The van der Waals surface area contributed by atoms with Gasteiger partial charge in [0.05, 0.1) is 0 Å². The summed E-state index contributed by atoms with van der Waals surface area (Å²) in [5.41, 5.74) is 3.82. The number of halogens is 4. The molecule has 0 aliphatic carbocycles. The molecule has 0 nitrogen and oxygen atoms in total. The average Bonchev–Trinajstić information content (AvgIpc) is 2.92. The van der Waals surface area contributed by atoms with Crippen molar-refractivity contribution >= 4 is 63.0 Å². The fraction of sp³-hybridized carbons (Fsp3) is 0. The third-order valence-corrected chi connectivity index (χ3v) is 9.51. The maximum absolute atomic E-state index is 15.0. The van der Waals surface area contributed by atoms with Crippen molar-refractivity contribution in [3.8, 4) is 33.4 Å². The predicted molar refractivity (Wildman–Crippen MR) is 151 cm³/mol. The zero-order valence-electron chi connectivity index (χ0n) is 19.4. The van der Waals surface area contributed by atoms with Gasteiger partial charge in [-0.3, -0.25) is 0 Å². The zero-order chi connectivity index (χ0) is 25.7. The third kappa shape index (κ3) is 2.96. The van der Waals surface area contributed by atoms with E-state index in [1.54, 1.807) is 22.7 Å². The standard InChI is InChI=1S/C32H14F4S2/c33-15-7-9-23(35)21(11-15)19-13-28-31-29-17(19)3-1-5-25(29)37-27-14-20(22-12-16(34)8-10-24(22)36)18-4-2-6-26(38-28)30(18)32(27)31/h1-14H. The van der Waals surface area contributed by atoms with Crippen LogP contribution in [0.5, 0.6) is 0 Å². The van der Waals surface area contributed by atoms with E-state index in [2.05, 4.69) is 0 Å². The molecular weight excluding hydrogens is 524 g/mol. The molecule has 0 N–H and O–H groups in total. The Labute approximate surface area is 221 Å². The van der Waals surface area contributed by atoms with E-state index in [0.717, 1.165) is 75.7 Å². The topological polar surface area (TPSA) is 0 Å². The first-order chi connectivity index (χ1) is 18.5. The number of benzene rings is 6. The Morgan fingerprint density at radius 1 is 0.421 bits per heavy atom. The molecular formula is C32H14F4S2. The molecule has 0 amide bonds. The van der Waals surface area contributed by atoms with Crippen LogP contribution in [0.4, 0.5) is 17.6 Å². The lowest BCUT2D eigenvalue weighted by atomic mass is 9.87. The molecule has 0 saturated carbocycles. The van der Waals surface area contributed by atoms with Crippen LogP contribution < -0.4 is 0 Å². The van der Waals surface area contributed by atoms with Crippen molar-refractivity contribution in [2.75, 3.05) is 0 Å². The molecule has 6 heteroatoms. The molecule has 6 aromatic rings. The molecule has 2 aliphatic heterocycles. The average molecular weight is 539 g/mol. The molecule has 0 radical (unpaired) electrons. The normalized spacial score (nSPS) is 12.2. The van der Waals surface area contributed by atoms with Gasteiger partial charge in [-0.1, -0.05) is 24.3 Å². The van der Waals surface area contributed by atoms with E-state index >= 15 is 0 Å². The maximum atomic E-state index is 15.0. The Hall–Kier alpha value is -4.00. The van der Waals surface area contributed by atoms with Crippen molar-refractivity contribution < 1.29 is 17.6 Å². The van der Waals surface area contributed by atoms with Crippen molar-refractivity contribution in [3.05, 3.63) is 108 Å². The SMILES string of the molecule is Fc1ccc(F)c(-c2cc3sc4cccc5c(-c6cc(F)ccc6F)cc6sc7cccc2c7c3-c6c45)c1. The Morgan fingerprint density at radius 3 is 1.32 bits per heavy atom. The van der Waals surface area contributed by atoms with E-state index in [-0.39, 0.29) is 11.1 Å². The highest BCUT2D eigenvalue weighted by molar-refractivity contribution is 7.27. The van der Waals surface area contributed by atoms with Crippen LogP contribution in [-0.2, 0) is 0 Å². The van der Waals surface area contributed by atoms with Crippen LogP contribution in [0, 0.1) is 23.3 Å². The monoisotopic (exact) mass is 538 g/mol. The van der Waals surface area contributed by atoms with E-state index < -0.39 is 23.3 Å². The van der Waals surface area contributed by atoms with Crippen molar-refractivity contribution in [1.29, 1.82) is 0 Å². The summed E-state index contributed by atoms with van der Waals surface area (Å²) >= 11 is 3.13. The van der Waals surface area contributed by atoms with Crippen LogP contribution >= 0.6 is 22.7 Å². The van der Waals surface area contributed by atoms with E-state index in [9.17, 15) is 17.6 Å². The van der Waals surface area contributed by atoms with Crippen LogP contribution in [0.1, 0.15) is 0 Å². The molecule has 0 saturated heterocycles. The van der Waals surface area contributed by atoms with E-state index in [1.807, 2.05) is 48.5 Å². The van der Waals surface area contributed by atoms with Gasteiger partial charge in [0, 0.05) is 51.8 Å². The highest BCUT2D eigenvalue weighted by Crippen LogP contribution is 2.55. The molecule has 182 valence electrons. The number of hydrogen-bond donors (Lipinski definition) is 0. The van der Waals surface area contributed by atoms with Gasteiger partial charge in [-0.25, -0.2) is 17.6 Å². The summed E-state index contributed by atoms with van der Waals surface area (Å²) in [5.74, 6) is -1.94. The molecule has 0 aromatic heterocycles. The smallest absolute Gasteiger partial charge is 0.131 e. The zero-order valence-corrected chi connectivity index (χ0v) is 21.0. The van der Waals surface area contributed by atoms with Crippen molar-refractivity contribution in [2.24, 2.45) is 0 Å². The summed E-state index contributed by atoms with van der Waals surface area (Å²) in [6.07, 6.45) is 0. The van der Waals surface area contributed by atoms with Gasteiger partial charge in [0.1, 0.15) is 23.3 Å². The summed E-state index contributed by atoms with van der Waals surface area (Å²) in [5, 5.41) is 3.68. The first kappa shape index (κ1) is 22.0. The van der Waals surface area contributed by atoms with Gasteiger partial charge in [-0.05, 0) is 82.6 Å². The largest absolute Gasteiger partial charge is 0.207 e. The minimum atomic E-state index is -0.493. The minimum absolute atomic E-state index is 0.224. The maximum Gasteiger partial charge on any atom is 0.131 e. The summed E-state index contributed by atoms with van der Waals surface area (Å²) in [6.45, 7) is 0. The van der Waals surface area contributed by atoms with Gasteiger partial charge in [-0.2, -0.15) is 0 Å². The van der Waals surface area contributed by atoms with Gasteiger partial charge in [-0.15, -0.1) is 22.7 Å². The minimum Gasteiger partial charge on any atom is -0.207 e. The molecule has 0 spiro atoms. The Kier molecular flexibility index (Phi) is 4.50. The number of hydrogen-bond acceptors (Lipinski definition) is 2. The number of rotatable bonds is 2. The Bertz CT molecular complexity index is 2030. The van der Waals surface area contributed by atoms with Crippen LogP contribution in [0.3, 0.4) is 0 Å². The summed E-state index contributed by atoms with van der Waals surface area (Å²) in [6, 6.07) is 22.7. The predicted octanol–water partition coefficient (Wildman–Crippen LogP) is 10.9. The molecule has 0 unspecified atom stereocenters. The molecule has 0 atom stereocenters. The van der Waals surface area contributed by atoms with Crippen LogP contribution in [0.2, 0.25) is 0 Å². The first-order valence-corrected chi connectivity index (χ1v) is 13.6. The molecule has 2 heterocycles. The van der Waals surface area contributed by atoms with Crippen molar-refractivity contribution in [3.63, 3.8) is 0 Å². The van der Waals surface area contributed by atoms with Gasteiger partial charge < -0.3 is 0 Å². The van der Waals surface area contributed by atoms with Crippen LogP contribution in [0.15, 0.2) is 84.9 Å². The molecule has 2 aliphatic rings. The second-order valence-corrected chi connectivity index (χ2v) is 11.6. The fourth-order valence-corrected chi connectivity index (χ4v) is 8.11. The fourth-order valence-electron chi connectivity index (χ4n) is 5.75. The highest BCUT2D eigenvalue weighted by atomic mass is 32.1. The molecule has 8 rings (SSSR count). The second kappa shape index (κ2) is 7.76. The van der Waals surface area contributed by atoms with Gasteiger partial charge in [0.15, 0.2) is 0 Å². The summed E-state index contributed by atoms with van der Waals surface area (Å²) in [4.78, 5) is 0. The third-order valence-electron chi connectivity index (χ3n) is 7.30. The second-order valence-electron chi connectivity index (χ2n) is 9.40. The van der Waals surface area contributed by atoms with Crippen LogP contribution in [-0.4, -0.2) is 0 Å². The molecule has 6 aromatic carbocycles. The van der Waals surface area contributed by atoms with Crippen LogP contribution in [0.25, 0.3) is 73.7 Å². The lowest BCUT2D eigenvalue weighted by molar-refractivity contribution is 0.603. The lowest BCUT2D eigenvalue weighted by Crippen LogP contribution is -1.96. The molecule has 0 bridgehead atoms. The Morgan fingerprint density at radius 2 is 0.868 bits per heavy atom. The van der Waals surface area contributed by atoms with E-state index in [1.165, 1.54) is 12.1 Å². The summed E-state index contributed by atoms with van der Waals surface area (Å²) < 4.78 is 62.3. The summed E-state index contributed by atoms with van der Waals surface area (Å²) in [7, 11) is 0. The lowest BCUT2D eigenvalue weighted by Gasteiger charge is -2.23. The molecule has 0 fully saturated rings. The van der Waals surface area contributed by atoms with Gasteiger partial charge >= 0.3 is 0 Å². The van der Waals surface area contributed by atoms with Crippen molar-refractivity contribution in [1.82, 2.24) is 0 Å². The Balaban J connectivity index is 1.58. The molecule has 38 heavy (non-hydrogen) atoms. The quantitative estimate of drug-likeness (QED) is 0.117. The van der Waals surface area contributed by atoms with E-state index in [4.69, 9.17) is 0 Å². The highest BCUT2D eigenvalue weighted by Gasteiger charge is 2.26. The van der Waals surface area contributed by atoms with E-state index in [0.29, 0.717) is 11.1 Å². The van der Waals surface area contributed by atoms with Crippen molar-refractivity contribution in [2.45, 2.75) is 0 Å². The first-order valence-electron chi connectivity index (χ1n) is 11.9. The van der Waals surface area contributed by atoms with Gasteiger partial charge in [0.25, 0.3) is 0 Å².